The summed E-state index contributed by atoms with van der Waals surface area (Å²) >= 11 is 1.63. The maximum absolute atomic E-state index is 5.21. The van der Waals surface area contributed by atoms with Crippen LogP contribution >= 0.6 is 11.8 Å². The number of aromatic nitrogens is 2. The molecule has 110 valence electrons. The summed E-state index contributed by atoms with van der Waals surface area (Å²) in [6, 6.07) is 20.2. The average Bonchev–Trinajstić information content (AvgIpc) is 2.62. The molecule has 0 spiro atoms. The summed E-state index contributed by atoms with van der Waals surface area (Å²) < 4.78 is 7.29. The molecule has 0 bridgehead atoms. The van der Waals surface area contributed by atoms with E-state index in [-0.39, 0.29) is 0 Å². The highest BCUT2D eigenvalue weighted by Crippen LogP contribution is 2.19. The van der Waals surface area contributed by atoms with Gasteiger partial charge in [0.05, 0.1) is 7.11 Å². The van der Waals surface area contributed by atoms with Crippen molar-refractivity contribution in [1.82, 2.24) is 4.98 Å². The van der Waals surface area contributed by atoms with Gasteiger partial charge in [-0.15, -0.1) is 0 Å². The summed E-state index contributed by atoms with van der Waals surface area (Å²) in [4.78, 5) is 4.78. The number of thioether (sulfide) groups is 1. The van der Waals surface area contributed by atoms with Crippen molar-refractivity contribution in [3.05, 3.63) is 66.9 Å². The molecule has 2 aromatic carbocycles. The van der Waals surface area contributed by atoms with Gasteiger partial charge in [-0.05, 0) is 47.3 Å². The van der Waals surface area contributed by atoms with Gasteiger partial charge in [-0.3, -0.25) is 0 Å². The number of benzene rings is 2. The summed E-state index contributed by atoms with van der Waals surface area (Å²) in [5.41, 5.74) is 3.17. The van der Waals surface area contributed by atoms with Crippen LogP contribution in [0.3, 0.4) is 0 Å². The highest BCUT2D eigenvalue weighted by Gasteiger charge is 2.16. The lowest BCUT2D eigenvalue weighted by Crippen LogP contribution is -2.34. The number of ether oxygens (including phenoxy) is 1. The van der Waals surface area contributed by atoms with Gasteiger partial charge in [0.2, 0.25) is 0 Å². The van der Waals surface area contributed by atoms with Crippen molar-refractivity contribution in [2.45, 2.75) is 5.16 Å². The van der Waals surface area contributed by atoms with Gasteiger partial charge in [0.15, 0.2) is 5.69 Å². The Kier molecular flexibility index (Phi) is 4.39. The SMILES string of the molecule is COc1ccc(-[n+]2ccc(-c3ccccc3)nc2SC)cc1. The van der Waals surface area contributed by atoms with Crippen molar-refractivity contribution in [2.75, 3.05) is 13.4 Å². The zero-order chi connectivity index (χ0) is 15.4. The molecule has 22 heavy (non-hydrogen) atoms. The van der Waals surface area contributed by atoms with Crippen molar-refractivity contribution >= 4 is 11.8 Å². The van der Waals surface area contributed by atoms with Crippen LogP contribution in [0, 0.1) is 0 Å². The molecule has 0 unspecified atom stereocenters. The molecule has 0 fully saturated rings. The number of hydrogen-bond donors (Lipinski definition) is 0. The lowest BCUT2D eigenvalue weighted by molar-refractivity contribution is -0.640. The molecule has 0 saturated heterocycles. The summed E-state index contributed by atoms with van der Waals surface area (Å²) in [6.45, 7) is 0. The maximum atomic E-state index is 5.21. The third-order valence-corrected chi connectivity index (χ3v) is 4.06. The van der Waals surface area contributed by atoms with Crippen LogP contribution in [-0.2, 0) is 0 Å². The van der Waals surface area contributed by atoms with Crippen LogP contribution in [0.5, 0.6) is 5.75 Å². The molecule has 0 aliphatic rings. The molecule has 3 aromatic rings. The van der Waals surface area contributed by atoms with Crippen molar-refractivity contribution in [3.8, 4) is 22.7 Å². The molecule has 1 aromatic heterocycles. The summed E-state index contributed by atoms with van der Waals surface area (Å²) in [7, 11) is 1.67. The van der Waals surface area contributed by atoms with Crippen molar-refractivity contribution in [2.24, 2.45) is 0 Å². The minimum atomic E-state index is 0.851. The fourth-order valence-electron chi connectivity index (χ4n) is 2.26. The molecule has 0 amide bonds. The van der Waals surface area contributed by atoms with Gasteiger partial charge >= 0.3 is 5.16 Å². The Morgan fingerprint density at radius 3 is 2.32 bits per heavy atom. The van der Waals surface area contributed by atoms with Gasteiger partial charge in [0, 0.05) is 11.6 Å². The molecule has 0 atom stereocenters. The van der Waals surface area contributed by atoms with E-state index < -0.39 is 0 Å². The first-order valence-corrected chi connectivity index (χ1v) is 8.21. The Labute approximate surface area is 134 Å². The molecule has 3 nitrogen and oxygen atoms in total. The monoisotopic (exact) mass is 309 g/mol. The normalized spacial score (nSPS) is 10.5. The number of methoxy groups -OCH3 is 1. The second kappa shape index (κ2) is 6.62. The Bertz CT molecular complexity index is 758. The van der Waals surface area contributed by atoms with E-state index >= 15 is 0 Å². The molecule has 0 aliphatic heterocycles. The maximum Gasteiger partial charge on any atom is 0.364 e. The molecule has 3 rings (SSSR count). The van der Waals surface area contributed by atoms with Crippen LogP contribution in [0.2, 0.25) is 0 Å². The van der Waals surface area contributed by atoms with Gasteiger partial charge in [-0.1, -0.05) is 30.3 Å². The predicted molar refractivity (Wildman–Crippen MR) is 89.5 cm³/mol. The standard InChI is InChI=1S/C18H17N2OS/c1-21-16-10-8-15(9-11-16)20-13-12-17(19-18(20)22-2)14-6-4-3-5-7-14/h3-13H,1-2H3/q+1. The largest absolute Gasteiger partial charge is 0.497 e. The van der Waals surface area contributed by atoms with Gasteiger partial charge in [-0.25, -0.2) is 0 Å². The number of rotatable bonds is 4. The lowest BCUT2D eigenvalue weighted by atomic mass is 10.1. The van der Waals surface area contributed by atoms with Gasteiger partial charge in [-0.2, -0.15) is 4.57 Å². The highest BCUT2D eigenvalue weighted by atomic mass is 32.2. The van der Waals surface area contributed by atoms with E-state index in [1.54, 1.807) is 18.9 Å². The van der Waals surface area contributed by atoms with E-state index in [1.807, 2.05) is 54.8 Å². The number of nitrogens with zero attached hydrogens (tertiary/aromatic N) is 2. The molecule has 0 radical (unpaired) electrons. The van der Waals surface area contributed by atoms with E-state index in [1.165, 1.54) is 0 Å². The van der Waals surface area contributed by atoms with Gasteiger partial charge in [0.1, 0.15) is 17.6 Å². The minimum absolute atomic E-state index is 0.851. The Morgan fingerprint density at radius 2 is 1.68 bits per heavy atom. The summed E-state index contributed by atoms with van der Waals surface area (Å²) in [5, 5.41) is 0.950. The van der Waals surface area contributed by atoms with Crippen LogP contribution in [0.15, 0.2) is 72.0 Å². The van der Waals surface area contributed by atoms with Crippen molar-refractivity contribution in [3.63, 3.8) is 0 Å². The van der Waals surface area contributed by atoms with Gasteiger partial charge < -0.3 is 4.74 Å². The Balaban J connectivity index is 2.02. The molecule has 0 aliphatic carbocycles. The van der Waals surface area contributed by atoms with Crippen molar-refractivity contribution in [1.29, 1.82) is 0 Å². The van der Waals surface area contributed by atoms with Crippen LogP contribution in [0.1, 0.15) is 0 Å². The van der Waals surface area contributed by atoms with Gasteiger partial charge in [0.25, 0.3) is 0 Å². The van der Waals surface area contributed by atoms with Crippen LogP contribution in [0.4, 0.5) is 0 Å². The molecule has 1 heterocycles. The third-order valence-electron chi connectivity index (χ3n) is 3.41. The molecular formula is C18H17N2OS+. The van der Waals surface area contributed by atoms with Crippen LogP contribution < -0.4 is 9.30 Å². The van der Waals surface area contributed by atoms with E-state index in [4.69, 9.17) is 9.72 Å². The Morgan fingerprint density at radius 1 is 0.955 bits per heavy atom. The quantitative estimate of drug-likeness (QED) is 0.417. The van der Waals surface area contributed by atoms with Crippen molar-refractivity contribution < 1.29 is 9.30 Å². The second-order valence-electron chi connectivity index (χ2n) is 4.73. The van der Waals surface area contributed by atoms with E-state index in [0.29, 0.717) is 0 Å². The van der Waals surface area contributed by atoms with E-state index in [2.05, 4.69) is 22.9 Å². The van der Waals surface area contributed by atoms with Crippen LogP contribution in [0.25, 0.3) is 16.9 Å². The molecule has 0 N–H and O–H groups in total. The summed E-state index contributed by atoms with van der Waals surface area (Å²) in [5.74, 6) is 0.851. The average molecular weight is 309 g/mol. The highest BCUT2D eigenvalue weighted by molar-refractivity contribution is 7.98. The second-order valence-corrected chi connectivity index (χ2v) is 5.51. The number of hydrogen-bond acceptors (Lipinski definition) is 3. The zero-order valence-electron chi connectivity index (χ0n) is 12.6. The first-order chi connectivity index (χ1) is 10.8. The first kappa shape index (κ1) is 14.6. The minimum Gasteiger partial charge on any atom is -0.497 e. The zero-order valence-corrected chi connectivity index (χ0v) is 13.4. The first-order valence-electron chi connectivity index (χ1n) is 6.98. The topological polar surface area (TPSA) is 26.0 Å². The molecule has 0 saturated carbocycles. The smallest absolute Gasteiger partial charge is 0.364 e. The molecule has 4 heteroatoms. The van der Waals surface area contributed by atoms with E-state index in [9.17, 15) is 0 Å². The fourth-order valence-corrected chi connectivity index (χ4v) is 2.81. The lowest BCUT2D eigenvalue weighted by Gasteiger charge is -2.05. The summed E-state index contributed by atoms with van der Waals surface area (Å²) in [6.07, 6.45) is 4.10. The van der Waals surface area contributed by atoms with Crippen LogP contribution in [-0.4, -0.2) is 18.3 Å². The molecular weight excluding hydrogens is 292 g/mol. The Hall–Kier alpha value is -2.33. The third kappa shape index (κ3) is 2.97. The van der Waals surface area contributed by atoms with E-state index in [0.717, 1.165) is 27.9 Å². The predicted octanol–water partition coefficient (Wildman–Crippen LogP) is 3.76. The fraction of sp³-hybridized carbons (Fsp3) is 0.111.